The molecule has 0 bridgehead atoms. The van der Waals surface area contributed by atoms with E-state index in [9.17, 15) is 9.90 Å². The van der Waals surface area contributed by atoms with E-state index < -0.39 is 12.1 Å². The van der Waals surface area contributed by atoms with Crippen LogP contribution in [0.3, 0.4) is 0 Å². The lowest BCUT2D eigenvalue weighted by atomic mass is 9.95. The maximum Gasteiger partial charge on any atom is 0.335 e. The second-order valence-corrected chi connectivity index (χ2v) is 9.44. The summed E-state index contributed by atoms with van der Waals surface area (Å²) in [6.45, 7) is 4.44. The third-order valence-corrected chi connectivity index (χ3v) is 6.54. The van der Waals surface area contributed by atoms with Crippen molar-refractivity contribution in [2.24, 2.45) is 0 Å². The number of carboxylic acid groups (broad SMARTS) is 1. The normalized spacial score (nSPS) is 18.5. The van der Waals surface area contributed by atoms with Gasteiger partial charge < -0.3 is 28.5 Å². The molecule has 8 heteroatoms. The lowest BCUT2D eigenvalue weighted by Crippen LogP contribution is -2.34. The molecule has 2 aromatic carbocycles. The molecule has 37 heavy (non-hydrogen) atoms. The van der Waals surface area contributed by atoms with Crippen LogP contribution >= 0.6 is 0 Å². The van der Waals surface area contributed by atoms with E-state index in [0.29, 0.717) is 24.7 Å². The smallest absolute Gasteiger partial charge is 0.335 e. The maximum atomic E-state index is 11.7. The van der Waals surface area contributed by atoms with Crippen molar-refractivity contribution in [1.29, 1.82) is 0 Å². The molecule has 1 heterocycles. The number of aryl methyl sites for hydroxylation is 2. The summed E-state index contributed by atoms with van der Waals surface area (Å²) in [7, 11) is 1.59. The number of hydrogen-bond acceptors (Lipinski definition) is 7. The molecule has 1 N–H and O–H groups in total. The zero-order valence-corrected chi connectivity index (χ0v) is 21.6. The van der Waals surface area contributed by atoms with Gasteiger partial charge in [-0.15, -0.1) is 0 Å². The fourth-order valence-corrected chi connectivity index (χ4v) is 4.44. The molecule has 8 nitrogen and oxygen atoms in total. The zero-order valence-electron chi connectivity index (χ0n) is 21.6. The van der Waals surface area contributed by atoms with Crippen molar-refractivity contribution in [2.75, 3.05) is 13.7 Å². The summed E-state index contributed by atoms with van der Waals surface area (Å²) in [6, 6.07) is 15.4. The van der Waals surface area contributed by atoms with Crippen LogP contribution in [0.5, 0.6) is 5.75 Å². The molecule has 1 fully saturated rings. The maximum absolute atomic E-state index is 11.7. The highest BCUT2D eigenvalue weighted by atomic mass is 16.6. The monoisotopic (exact) mass is 509 g/mol. The van der Waals surface area contributed by atoms with Gasteiger partial charge >= 0.3 is 5.97 Å². The SMILES string of the molecule is COc1cccc(COC(COC2CCCC(OCc3nc(-c4cccc(C)c4)oc3C)C2)C(=O)O)c1. The number of carbonyl (C=O) groups is 1. The third kappa shape index (κ3) is 7.64. The second kappa shape index (κ2) is 12.9. The summed E-state index contributed by atoms with van der Waals surface area (Å²) in [6.07, 6.45) is 2.32. The first-order chi connectivity index (χ1) is 17.9. The number of rotatable bonds is 12. The van der Waals surface area contributed by atoms with E-state index in [-0.39, 0.29) is 25.4 Å². The van der Waals surface area contributed by atoms with Gasteiger partial charge in [-0.1, -0.05) is 29.8 Å². The Morgan fingerprint density at radius 2 is 1.86 bits per heavy atom. The molecule has 3 atom stereocenters. The van der Waals surface area contributed by atoms with Gasteiger partial charge in [-0.25, -0.2) is 9.78 Å². The van der Waals surface area contributed by atoms with Crippen LogP contribution in [-0.4, -0.2) is 48.1 Å². The van der Waals surface area contributed by atoms with Gasteiger partial charge in [-0.2, -0.15) is 0 Å². The van der Waals surface area contributed by atoms with Crippen molar-refractivity contribution in [3.05, 3.63) is 71.1 Å². The van der Waals surface area contributed by atoms with Crippen LogP contribution in [0.25, 0.3) is 11.5 Å². The Kier molecular flexibility index (Phi) is 9.33. The third-order valence-electron chi connectivity index (χ3n) is 6.54. The van der Waals surface area contributed by atoms with Crippen molar-refractivity contribution >= 4 is 5.97 Å². The summed E-state index contributed by atoms with van der Waals surface area (Å²) in [5.41, 5.74) is 3.72. The minimum atomic E-state index is -1.05. The molecule has 0 spiro atoms. The van der Waals surface area contributed by atoms with Crippen molar-refractivity contribution in [3.8, 4) is 17.2 Å². The fraction of sp³-hybridized carbons (Fsp3) is 0.448. The minimum Gasteiger partial charge on any atom is -0.497 e. The molecular weight excluding hydrogens is 474 g/mol. The van der Waals surface area contributed by atoms with E-state index in [4.69, 9.17) is 23.4 Å². The zero-order chi connectivity index (χ0) is 26.2. The number of aromatic nitrogens is 1. The average molecular weight is 510 g/mol. The lowest BCUT2D eigenvalue weighted by Gasteiger charge is -2.29. The van der Waals surface area contributed by atoms with Gasteiger partial charge in [0.15, 0.2) is 6.10 Å². The summed E-state index contributed by atoms with van der Waals surface area (Å²) < 4.78 is 28.9. The molecule has 0 radical (unpaired) electrons. The van der Waals surface area contributed by atoms with Crippen LogP contribution in [0.4, 0.5) is 0 Å². The van der Waals surface area contributed by atoms with Gasteiger partial charge in [0.25, 0.3) is 0 Å². The van der Waals surface area contributed by atoms with Crippen LogP contribution in [0, 0.1) is 13.8 Å². The molecule has 1 saturated carbocycles. The largest absolute Gasteiger partial charge is 0.497 e. The Balaban J connectivity index is 1.25. The van der Waals surface area contributed by atoms with E-state index in [2.05, 4.69) is 4.98 Å². The Labute approximate surface area is 217 Å². The number of methoxy groups -OCH3 is 1. The van der Waals surface area contributed by atoms with E-state index in [1.807, 2.05) is 62.4 Å². The van der Waals surface area contributed by atoms with Crippen molar-refractivity contribution in [2.45, 2.75) is 71.1 Å². The van der Waals surface area contributed by atoms with Crippen LogP contribution in [0.1, 0.15) is 48.3 Å². The van der Waals surface area contributed by atoms with Gasteiger partial charge in [-0.05, 0) is 69.4 Å². The number of oxazole rings is 1. The Morgan fingerprint density at radius 3 is 2.62 bits per heavy atom. The molecule has 3 aromatic rings. The summed E-state index contributed by atoms with van der Waals surface area (Å²) in [5.74, 6) is 0.998. The second-order valence-electron chi connectivity index (χ2n) is 9.44. The minimum absolute atomic E-state index is 0.0123. The van der Waals surface area contributed by atoms with Crippen molar-refractivity contribution < 1.29 is 33.3 Å². The Morgan fingerprint density at radius 1 is 1.08 bits per heavy atom. The quantitative estimate of drug-likeness (QED) is 0.343. The van der Waals surface area contributed by atoms with Gasteiger partial charge in [0, 0.05) is 5.56 Å². The molecule has 0 amide bonds. The topological polar surface area (TPSA) is 100 Å². The highest BCUT2D eigenvalue weighted by Crippen LogP contribution is 2.27. The van der Waals surface area contributed by atoms with Gasteiger partial charge in [0.1, 0.15) is 17.2 Å². The molecule has 1 aromatic heterocycles. The summed E-state index contributed by atoms with van der Waals surface area (Å²) in [4.78, 5) is 16.4. The molecule has 0 aliphatic heterocycles. The summed E-state index contributed by atoms with van der Waals surface area (Å²) in [5, 5.41) is 9.60. The molecule has 198 valence electrons. The van der Waals surface area contributed by atoms with E-state index in [0.717, 1.165) is 47.4 Å². The molecule has 1 aliphatic rings. The lowest BCUT2D eigenvalue weighted by molar-refractivity contribution is -0.159. The van der Waals surface area contributed by atoms with E-state index >= 15 is 0 Å². The van der Waals surface area contributed by atoms with Crippen molar-refractivity contribution in [3.63, 3.8) is 0 Å². The predicted molar refractivity (Wildman–Crippen MR) is 137 cm³/mol. The first-order valence-electron chi connectivity index (χ1n) is 12.6. The van der Waals surface area contributed by atoms with Crippen LogP contribution in [-0.2, 0) is 32.2 Å². The van der Waals surface area contributed by atoms with Gasteiger partial charge in [0.2, 0.25) is 5.89 Å². The van der Waals surface area contributed by atoms with Gasteiger partial charge in [-0.3, -0.25) is 0 Å². The van der Waals surface area contributed by atoms with Gasteiger partial charge in [0.05, 0.1) is 39.1 Å². The predicted octanol–water partition coefficient (Wildman–Crippen LogP) is 5.48. The Bertz CT molecular complexity index is 1170. The van der Waals surface area contributed by atoms with E-state index in [1.165, 1.54) is 0 Å². The Hall–Kier alpha value is -3.20. The highest BCUT2D eigenvalue weighted by Gasteiger charge is 2.27. The van der Waals surface area contributed by atoms with Crippen LogP contribution in [0.15, 0.2) is 52.9 Å². The first kappa shape index (κ1) is 26.9. The summed E-state index contributed by atoms with van der Waals surface area (Å²) >= 11 is 0. The number of hydrogen-bond donors (Lipinski definition) is 1. The molecular formula is C29H35NO7. The van der Waals surface area contributed by atoms with E-state index in [1.54, 1.807) is 7.11 Å². The molecule has 1 aliphatic carbocycles. The number of ether oxygens (including phenoxy) is 4. The number of carboxylic acids is 1. The van der Waals surface area contributed by atoms with Crippen LogP contribution < -0.4 is 4.74 Å². The average Bonchev–Trinajstić information content (AvgIpc) is 3.28. The number of benzene rings is 2. The first-order valence-corrected chi connectivity index (χ1v) is 12.6. The standard InChI is InChI=1S/C29H35NO7/c1-19-7-4-9-22(13-19)28-30-26(20(2)37-28)17-34-24-11-6-12-25(15-24)35-18-27(29(31)32)36-16-21-8-5-10-23(14-21)33-3/h4-5,7-10,13-14,24-25,27H,6,11-12,15-18H2,1-3H3,(H,31,32). The molecule has 4 rings (SSSR count). The van der Waals surface area contributed by atoms with Crippen LogP contribution in [0.2, 0.25) is 0 Å². The highest BCUT2D eigenvalue weighted by molar-refractivity contribution is 5.72. The number of aliphatic carboxylic acids is 1. The molecule has 0 saturated heterocycles. The molecule has 3 unspecified atom stereocenters. The number of nitrogens with zero attached hydrogens (tertiary/aromatic N) is 1. The van der Waals surface area contributed by atoms with Crippen molar-refractivity contribution in [1.82, 2.24) is 4.98 Å². The fourth-order valence-electron chi connectivity index (χ4n) is 4.44.